The maximum Gasteiger partial charge on any atom is 0.126 e. The van der Waals surface area contributed by atoms with Crippen LogP contribution < -0.4 is 4.74 Å². The Hall–Kier alpha value is -1.44. The van der Waals surface area contributed by atoms with E-state index in [9.17, 15) is 5.26 Å². The molecule has 0 N–H and O–H groups in total. The molecule has 0 aromatic heterocycles. The molecule has 4 aliphatic heterocycles. The quantitative estimate of drug-likeness (QED) is 0.673. The third-order valence-corrected chi connectivity index (χ3v) is 9.83. The van der Waals surface area contributed by atoms with Gasteiger partial charge in [-0.05, 0) is 44.5 Å². The van der Waals surface area contributed by atoms with E-state index in [1.807, 2.05) is 11.8 Å². The van der Waals surface area contributed by atoms with Crippen molar-refractivity contribution in [2.75, 3.05) is 13.6 Å². The summed E-state index contributed by atoms with van der Waals surface area (Å²) in [6.45, 7) is 5.53. The van der Waals surface area contributed by atoms with E-state index >= 15 is 0 Å². The van der Waals surface area contributed by atoms with Crippen molar-refractivity contribution in [3.63, 3.8) is 0 Å². The van der Waals surface area contributed by atoms with E-state index in [2.05, 4.69) is 56.1 Å². The van der Waals surface area contributed by atoms with Crippen LogP contribution in [-0.2, 0) is 11.8 Å². The summed E-state index contributed by atoms with van der Waals surface area (Å²) in [5.41, 5.74) is 4.02. The zero-order valence-corrected chi connectivity index (χ0v) is 15.7. The summed E-state index contributed by atoms with van der Waals surface area (Å²) in [5.74, 6) is 1.13. The summed E-state index contributed by atoms with van der Waals surface area (Å²) in [6.07, 6.45) is 7.08. The fourth-order valence-corrected chi connectivity index (χ4v) is 8.62. The van der Waals surface area contributed by atoms with Gasteiger partial charge in [-0.2, -0.15) is 5.26 Å². The van der Waals surface area contributed by atoms with Crippen LogP contribution in [0.3, 0.4) is 0 Å². The highest BCUT2D eigenvalue weighted by Crippen LogP contribution is 2.74. The summed E-state index contributed by atoms with van der Waals surface area (Å²) in [7, 11) is 2.26. The highest BCUT2D eigenvalue weighted by Gasteiger charge is 2.78. The van der Waals surface area contributed by atoms with Crippen molar-refractivity contribution in [2.24, 2.45) is 5.41 Å². The number of ether oxygens (including phenoxy) is 1. The molecule has 3 nitrogen and oxygen atoms in total. The third kappa shape index (κ3) is 1.27. The first-order valence-corrected chi connectivity index (χ1v) is 10.1. The first-order valence-electron chi connectivity index (χ1n) is 9.25. The van der Waals surface area contributed by atoms with Crippen LogP contribution >= 0.6 is 11.8 Å². The van der Waals surface area contributed by atoms with Gasteiger partial charge in [0.1, 0.15) is 17.1 Å². The van der Waals surface area contributed by atoms with E-state index in [-0.39, 0.29) is 26.9 Å². The molecule has 2 fully saturated rings. The van der Waals surface area contributed by atoms with Crippen LogP contribution in [0, 0.1) is 23.7 Å². The molecule has 4 heteroatoms. The molecule has 4 bridgehead atoms. The Kier molecular flexibility index (Phi) is 2.41. The van der Waals surface area contributed by atoms with Gasteiger partial charge in [-0.25, -0.2) is 0 Å². The van der Waals surface area contributed by atoms with Crippen LogP contribution in [0.1, 0.15) is 30.0 Å². The average molecular weight is 350 g/mol. The van der Waals surface area contributed by atoms with Gasteiger partial charge in [-0.1, -0.05) is 31.2 Å². The van der Waals surface area contributed by atoms with E-state index in [1.54, 1.807) is 0 Å². The van der Waals surface area contributed by atoms with Crippen LogP contribution in [0.15, 0.2) is 24.3 Å². The first-order chi connectivity index (χ1) is 12.0. The van der Waals surface area contributed by atoms with Crippen molar-refractivity contribution < 1.29 is 4.74 Å². The molecular weight excluding hydrogens is 328 g/mol. The summed E-state index contributed by atoms with van der Waals surface area (Å²) in [5, 5.41) is 9.91. The van der Waals surface area contributed by atoms with Crippen molar-refractivity contribution in [3.05, 3.63) is 41.0 Å². The molecule has 25 heavy (non-hydrogen) atoms. The molecule has 1 aromatic carbocycles. The van der Waals surface area contributed by atoms with Gasteiger partial charge in [0.05, 0.1) is 16.2 Å². The molecule has 0 saturated carbocycles. The lowest BCUT2D eigenvalue weighted by molar-refractivity contribution is -0.0371. The maximum atomic E-state index is 9.95. The lowest BCUT2D eigenvalue weighted by Gasteiger charge is -2.69. The number of rotatable bonds is 0. The lowest BCUT2D eigenvalue weighted by Crippen LogP contribution is -2.78. The number of likely N-dealkylation sites (tertiary alicyclic amines) is 1. The van der Waals surface area contributed by atoms with E-state index in [0.717, 1.165) is 25.1 Å². The second-order valence-corrected chi connectivity index (χ2v) is 10.2. The van der Waals surface area contributed by atoms with Crippen molar-refractivity contribution in [2.45, 2.75) is 54.2 Å². The van der Waals surface area contributed by atoms with Crippen LogP contribution in [0.4, 0.5) is 0 Å². The summed E-state index contributed by atoms with van der Waals surface area (Å²) in [6, 6.07) is 7.62. The predicted molar refractivity (Wildman–Crippen MR) is 99.0 cm³/mol. The molecule has 6 aliphatic rings. The topological polar surface area (TPSA) is 36.3 Å². The Morgan fingerprint density at radius 2 is 2.20 bits per heavy atom. The smallest absolute Gasteiger partial charge is 0.126 e. The van der Waals surface area contributed by atoms with Crippen LogP contribution in [0.2, 0.25) is 0 Å². The van der Waals surface area contributed by atoms with Gasteiger partial charge in [0.2, 0.25) is 0 Å². The SMILES string of the molecule is Cc1ccc2c3c1O[C@H]1[C@@]4(C)C=C[C@@]5(S[C@H]4C#N)[C@@H](C2)N(C)CC[C@]315. The van der Waals surface area contributed by atoms with Crippen molar-refractivity contribution in [1.29, 1.82) is 5.26 Å². The minimum atomic E-state index is -0.221. The summed E-state index contributed by atoms with van der Waals surface area (Å²) < 4.78 is 6.74. The number of likely N-dealkylation sites (N-methyl/N-ethyl adjacent to an activating group) is 1. The zero-order valence-electron chi connectivity index (χ0n) is 14.9. The fourth-order valence-electron chi connectivity index (χ4n) is 6.63. The molecule has 6 atom stereocenters. The highest BCUT2D eigenvalue weighted by atomic mass is 32.2. The number of fused-ring (bicyclic) bond motifs is 1. The molecule has 0 amide bonds. The number of thioether (sulfide) groups is 1. The Bertz CT molecular complexity index is 904. The Morgan fingerprint density at radius 3 is 3.00 bits per heavy atom. The number of hydrogen-bond acceptors (Lipinski definition) is 4. The maximum absolute atomic E-state index is 9.95. The molecule has 0 unspecified atom stereocenters. The van der Waals surface area contributed by atoms with Crippen molar-refractivity contribution >= 4 is 11.8 Å². The van der Waals surface area contributed by atoms with Crippen molar-refractivity contribution in [1.82, 2.24) is 4.90 Å². The molecule has 2 saturated heterocycles. The van der Waals surface area contributed by atoms with Crippen LogP contribution in [0.5, 0.6) is 5.75 Å². The van der Waals surface area contributed by atoms with Gasteiger partial charge in [0.25, 0.3) is 0 Å². The number of aryl methyl sites for hydroxylation is 1. The minimum absolute atomic E-state index is 0.0284. The number of benzene rings is 1. The number of hydrogen-bond donors (Lipinski definition) is 0. The fraction of sp³-hybridized carbons (Fsp3) is 0.571. The summed E-state index contributed by atoms with van der Waals surface area (Å²) in [4.78, 5) is 2.53. The number of nitrogens with zero attached hydrogens (tertiary/aromatic N) is 2. The second kappa shape index (κ2) is 4.10. The average Bonchev–Trinajstić information content (AvgIpc) is 2.98. The van der Waals surface area contributed by atoms with Gasteiger partial charge < -0.3 is 9.64 Å². The van der Waals surface area contributed by atoms with E-state index in [0.29, 0.717) is 6.04 Å². The lowest BCUT2D eigenvalue weighted by atomic mass is 9.48. The van der Waals surface area contributed by atoms with E-state index in [1.165, 1.54) is 16.7 Å². The van der Waals surface area contributed by atoms with Gasteiger partial charge in [0.15, 0.2) is 0 Å². The minimum Gasteiger partial charge on any atom is -0.488 e. The van der Waals surface area contributed by atoms with Gasteiger partial charge >= 0.3 is 0 Å². The summed E-state index contributed by atoms with van der Waals surface area (Å²) >= 11 is 1.93. The number of nitriles is 1. The van der Waals surface area contributed by atoms with Crippen LogP contribution in [0.25, 0.3) is 0 Å². The molecular formula is C21H22N2OS. The standard InChI is InChI=1S/C21H22N2OS/c1-12-4-5-13-10-14-21-7-6-19(2,15(11-22)25-21)18-20(21,8-9-23(14)3)16(13)17(12)24-18/h4-7,14-15,18H,8-10H2,1-3H3/t14-,15+,18+,19+,20+,21-/m1/s1. The molecule has 1 aromatic rings. The Labute approximate surface area is 153 Å². The first kappa shape index (κ1) is 14.7. The molecule has 2 aliphatic carbocycles. The monoisotopic (exact) mass is 350 g/mol. The highest BCUT2D eigenvalue weighted by molar-refractivity contribution is 8.02. The molecule has 4 heterocycles. The van der Waals surface area contributed by atoms with Gasteiger partial charge in [0, 0.05) is 17.0 Å². The normalized spacial score (nSPS) is 48.0. The molecule has 128 valence electrons. The Morgan fingerprint density at radius 1 is 1.36 bits per heavy atom. The molecule has 2 spiro atoms. The zero-order chi connectivity index (χ0) is 17.2. The van der Waals surface area contributed by atoms with E-state index in [4.69, 9.17) is 4.74 Å². The van der Waals surface area contributed by atoms with Gasteiger partial charge in [-0.15, -0.1) is 11.8 Å². The molecule has 7 rings (SSSR count). The largest absolute Gasteiger partial charge is 0.488 e. The predicted octanol–water partition coefficient (Wildman–Crippen LogP) is 3.21. The van der Waals surface area contributed by atoms with E-state index < -0.39 is 0 Å². The second-order valence-electron chi connectivity index (χ2n) is 8.78. The Balaban J connectivity index is 1.75. The van der Waals surface area contributed by atoms with Crippen molar-refractivity contribution in [3.8, 4) is 11.8 Å². The molecule has 0 radical (unpaired) electrons. The van der Waals surface area contributed by atoms with Crippen LogP contribution in [-0.4, -0.2) is 40.6 Å². The van der Waals surface area contributed by atoms with Gasteiger partial charge in [-0.3, -0.25) is 0 Å². The number of piperidine rings is 1. The third-order valence-electron chi connectivity index (χ3n) is 7.82.